The number of hydrogen-bond donors (Lipinski definition) is 1. The van der Waals surface area contributed by atoms with E-state index in [0.717, 1.165) is 25.9 Å². The zero-order valence-corrected chi connectivity index (χ0v) is 16.5. The molecule has 144 valence electrons. The van der Waals surface area contributed by atoms with Crippen molar-refractivity contribution in [3.63, 3.8) is 0 Å². The summed E-state index contributed by atoms with van der Waals surface area (Å²) >= 11 is 1.23. The molecule has 1 aliphatic heterocycles. The molecule has 1 aromatic carbocycles. The smallest absolute Gasteiger partial charge is 0.273 e. The number of hydrogen-bond acceptors (Lipinski definition) is 6. The third-order valence-corrected chi connectivity index (χ3v) is 5.39. The third kappa shape index (κ3) is 4.57. The van der Waals surface area contributed by atoms with Crippen molar-refractivity contribution in [2.24, 2.45) is 5.92 Å². The molecule has 27 heavy (non-hydrogen) atoms. The van der Waals surface area contributed by atoms with Crippen molar-refractivity contribution in [2.45, 2.75) is 19.8 Å². The molecule has 3 rings (SSSR count). The average Bonchev–Trinajstić information content (AvgIpc) is 3.16. The second-order valence-corrected chi connectivity index (χ2v) is 7.43. The molecule has 2 heterocycles. The van der Waals surface area contributed by atoms with Crippen LogP contribution in [0.1, 0.15) is 40.6 Å². The van der Waals surface area contributed by atoms with Crippen LogP contribution in [-0.4, -0.2) is 49.0 Å². The Morgan fingerprint density at radius 3 is 2.37 bits per heavy atom. The molecular formula is C19H23N3O4S. The first kappa shape index (κ1) is 19.2. The molecular weight excluding hydrogens is 366 g/mol. The lowest BCUT2D eigenvalue weighted by atomic mass is 9.99. The van der Waals surface area contributed by atoms with Gasteiger partial charge in [-0.25, -0.2) is 4.98 Å². The number of nitrogens with one attached hydrogen (secondary N) is 1. The van der Waals surface area contributed by atoms with Gasteiger partial charge in [0.2, 0.25) is 0 Å². The predicted molar refractivity (Wildman–Crippen MR) is 104 cm³/mol. The first-order valence-corrected chi connectivity index (χ1v) is 9.67. The van der Waals surface area contributed by atoms with E-state index in [4.69, 9.17) is 9.47 Å². The molecule has 1 aromatic heterocycles. The topological polar surface area (TPSA) is 80.8 Å². The second kappa shape index (κ2) is 8.39. The maximum atomic E-state index is 12.6. The van der Waals surface area contributed by atoms with Gasteiger partial charge in [-0.3, -0.25) is 14.9 Å². The minimum atomic E-state index is -0.340. The van der Waals surface area contributed by atoms with E-state index in [0.29, 0.717) is 33.8 Å². The van der Waals surface area contributed by atoms with Crippen LogP contribution in [0.15, 0.2) is 23.6 Å². The lowest BCUT2D eigenvalue weighted by Crippen LogP contribution is -2.38. The van der Waals surface area contributed by atoms with Crippen molar-refractivity contribution in [1.29, 1.82) is 0 Å². The van der Waals surface area contributed by atoms with Crippen LogP contribution < -0.4 is 14.8 Å². The highest BCUT2D eigenvalue weighted by Gasteiger charge is 2.23. The summed E-state index contributed by atoms with van der Waals surface area (Å²) in [7, 11) is 3.05. The van der Waals surface area contributed by atoms with E-state index in [9.17, 15) is 9.59 Å². The first-order valence-electron chi connectivity index (χ1n) is 8.79. The first-order chi connectivity index (χ1) is 13.0. The second-order valence-electron chi connectivity index (χ2n) is 6.57. The number of likely N-dealkylation sites (tertiary alicyclic amines) is 1. The molecule has 0 radical (unpaired) electrons. The van der Waals surface area contributed by atoms with Gasteiger partial charge in [-0.15, -0.1) is 11.3 Å². The Morgan fingerprint density at radius 2 is 1.78 bits per heavy atom. The third-order valence-electron chi connectivity index (χ3n) is 4.63. The number of ether oxygens (including phenoxy) is 2. The van der Waals surface area contributed by atoms with Crippen molar-refractivity contribution in [3.05, 3.63) is 34.8 Å². The lowest BCUT2D eigenvalue weighted by Gasteiger charge is -2.29. The SMILES string of the molecule is COc1cc(OC)cc(C(=O)Nc2nc(C(=O)N3CCC(C)CC3)cs2)c1. The summed E-state index contributed by atoms with van der Waals surface area (Å²) < 4.78 is 10.4. The van der Waals surface area contributed by atoms with Gasteiger partial charge in [0, 0.05) is 30.1 Å². The van der Waals surface area contributed by atoms with Crippen LogP contribution in [0.2, 0.25) is 0 Å². The van der Waals surface area contributed by atoms with Crippen molar-refractivity contribution in [2.75, 3.05) is 32.6 Å². The summed E-state index contributed by atoms with van der Waals surface area (Å²) in [5.74, 6) is 1.27. The molecule has 0 bridgehead atoms. The summed E-state index contributed by atoms with van der Waals surface area (Å²) in [6, 6.07) is 4.93. The van der Waals surface area contributed by atoms with Crippen LogP contribution in [0.3, 0.4) is 0 Å². The highest BCUT2D eigenvalue weighted by molar-refractivity contribution is 7.14. The molecule has 2 aromatic rings. The van der Waals surface area contributed by atoms with Crippen molar-refractivity contribution < 1.29 is 19.1 Å². The Hall–Kier alpha value is -2.61. The van der Waals surface area contributed by atoms with Crippen molar-refractivity contribution in [3.8, 4) is 11.5 Å². The molecule has 0 spiro atoms. The van der Waals surface area contributed by atoms with Crippen molar-refractivity contribution in [1.82, 2.24) is 9.88 Å². The Bertz CT molecular complexity index is 806. The van der Waals surface area contributed by atoms with Gasteiger partial charge in [0.25, 0.3) is 11.8 Å². The fourth-order valence-corrected chi connectivity index (χ4v) is 3.59. The van der Waals surface area contributed by atoms with E-state index in [-0.39, 0.29) is 11.8 Å². The van der Waals surface area contributed by atoms with E-state index >= 15 is 0 Å². The zero-order chi connectivity index (χ0) is 19.4. The van der Waals surface area contributed by atoms with Gasteiger partial charge < -0.3 is 14.4 Å². The maximum absolute atomic E-state index is 12.6. The van der Waals surface area contributed by atoms with E-state index < -0.39 is 0 Å². The molecule has 0 atom stereocenters. The minimum absolute atomic E-state index is 0.0818. The monoisotopic (exact) mass is 389 g/mol. The van der Waals surface area contributed by atoms with Crippen LogP contribution in [0.4, 0.5) is 5.13 Å². The number of carbonyl (C=O) groups excluding carboxylic acids is 2. The number of benzene rings is 1. The van der Waals surface area contributed by atoms with Gasteiger partial charge in [0.05, 0.1) is 14.2 Å². The van der Waals surface area contributed by atoms with E-state index in [2.05, 4.69) is 17.2 Å². The summed E-state index contributed by atoms with van der Waals surface area (Å²) in [6.07, 6.45) is 2.02. The Balaban J connectivity index is 1.68. The molecule has 0 aliphatic carbocycles. The van der Waals surface area contributed by atoms with Crippen LogP contribution in [0.5, 0.6) is 11.5 Å². The van der Waals surface area contributed by atoms with Crippen LogP contribution in [0, 0.1) is 5.92 Å². The van der Waals surface area contributed by atoms with Crippen molar-refractivity contribution >= 4 is 28.3 Å². The average molecular weight is 389 g/mol. The molecule has 1 N–H and O–H groups in total. The van der Waals surface area contributed by atoms with Crippen LogP contribution >= 0.6 is 11.3 Å². The number of aromatic nitrogens is 1. The molecule has 1 aliphatic rings. The fraction of sp³-hybridized carbons (Fsp3) is 0.421. The van der Waals surface area contributed by atoms with E-state index in [1.165, 1.54) is 25.6 Å². The van der Waals surface area contributed by atoms with Gasteiger partial charge in [-0.1, -0.05) is 6.92 Å². The number of carbonyl (C=O) groups is 2. The number of thiazole rings is 1. The quantitative estimate of drug-likeness (QED) is 0.849. The standard InChI is InChI=1S/C19H23N3O4S/c1-12-4-6-22(7-5-12)18(24)16-11-27-19(20-16)21-17(23)13-8-14(25-2)10-15(9-13)26-3/h8-12H,4-7H2,1-3H3,(H,20,21,23). The van der Waals surface area contributed by atoms with Gasteiger partial charge in [0.15, 0.2) is 5.13 Å². The molecule has 7 nitrogen and oxygen atoms in total. The Morgan fingerprint density at radius 1 is 1.15 bits per heavy atom. The largest absolute Gasteiger partial charge is 0.497 e. The minimum Gasteiger partial charge on any atom is -0.497 e. The van der Waals surface area contributed by atoms with Gasteiger partial charge in [0.1, 0.15) is 17.2 Å². The molecule has 0 saturated carbocycles. The molecule has 1 saturated heterocycles. The molecule has 0 unspecified atom stereocenters. The number of anilines is 1. The Kier molecular flexibility index (Phi) is 5.95. The number of methoxy groups -OCH3 is 2. The normalized spacial score (nSPS) is 14.7. The highest BCUT2D eigenvalue weighted by atomic mass is 32.1. The Labute approximate surface area is 162 Å². The number of rotatable bonds is 5. The van der Waals surface area contributed by atoms with E-state index in [1.54, 1.807) is 23.6 Å². The summed E-state index contributed by atoms with van der Waals surface area (Å²) in [5, 5.41) is 4.80. The molecule has 1 fully saturated rings. The van der Waals surface area contributed by atoms with Gasteiger partial charge in [-0.05, 0) is 30.9 Å². The van der Waals surface area contributed by atoms with Gasteiger partial charge >= 0.3 is 0 Å². The molecule has 2 amide bonds. The maximum Gasteiger partial charge on any atom is 0.273 e. The highest BCUT2D eigenvalue weighted by Crippen LogP contribution is 2.25. The number of amides is 2. The molecule has 8 heteroatoms. The summed E-state index contributed by atoms with van der Waals surface area (Å²) in [4.78, 5) is 31.2. The van der Waals surface area contributed by atoms with Crippen LogP contribution in [-0.2, 0) is 0 Å². The lowest BCUT2D eigenvalue weighted by molar-refractivity contribution is 0.0692. The van der Waals surface area contributed by atoms with Gasteiger partial charge in [-0.2, -0.15) is 0 Å². The fourth-order valence-electron chi connectivity index (χ4n) is 2.91. The van der Waals surface area contributed by atoms with E-state index in [1.807, 2.05) is 4.90 Å². The van der Waals surface area contributed by atoms with Crippen LogP contribution in [0.25, 0.3) is 0 Å². The summed E-state index contributed by atoms with van der Waals surface area (Å²) in [5.41, 5.74) is 0.757. The number of nitrogens with zero attached hydrogens (tertiary/aromatic N) is 2. The predicted octanol–water partition coefficient (Wildman–Crippen LogP) is 3.28. The number of piperidine rings is 1. The summed E-state index contributed by atoms with van der Waals surface area (Å²) in [6.45, 7) is 3.71. The zero-order valence-electron chi connectivity index (χ0n) is 15.7.